The summed E-state index contributed by atoms with van der Waals surface area (Å²) in [6.45, 7) is -1.06. The number of carbonyl (C=O) groups is 1. The summed E-state index contributed by atoms with van der Waals surface area (Å²) in [7, 11) is 0. The zero-order valence-electron chi connectivity index (χ0n) is 19.8. The molecule has 4 rings (SSSR count). The number of alkyl halides is 5. The second-order valence-electron chi connectivity index (χ2n) is 8.68. The van der Waals surface area contributed by atoms with Crippen molar-refractivity contribution < 1.29 is 31.5 Å². The van der Waals surface area contributed by atoms with Gasteiger partial charge in [0.1, 0.15) is 12.1 Å². The molecule has 0 bridgehead atoms. The molecule has 1 fully saturated rings. The Kier molecular flexibility index (Phi) is 7.76. The van der Waals surface area contributed by atoms with E-state index in [0.717, 1.165) is 16.7 Å². The van der Waals surface area contributed by atoms with E-state index in [4.69, 9.17) is 0 Å². The van der Waals surface area contributed by atoms with Crippen LogP contribution in [0.5, 0.6) is 0 Å². The van der Waals surface area contributed by atoms with Gasteiger partial charge in [-0.1, -0.05) is 0 Å². The molecule has 0 aliphatic heterocycles. The second kappa shape index (κ2) is 10.8. The number of amides is 1. The van der Waals surface area contributed by atoms with Gasteiger partial charge in [0.25, 0.3) is 5.56 Å². The van der Waals surface area contributed by atoms with Gasteiger partial charge in [-0.2, -0.15) is 27.1 Å². The molecule has 1 saturated carbocycles. The van der Waals surface area contributed by atoms with Crippen LogP contribution in [-0.2, 0) is 28.8 Å². The smallest absolute Gasteiger partial charge is 0.352 e. The summed E-state index contributed by atoms with van der Waals surface area (Å²) in [5, 5.41) is 10.0. The van der Waals surface area contributed by atoms with E-state index in [2.05, 4.69) is 25.5 Å². The third-order valence-corrected chi connectivity index (χ3v) is 6.14. The summed E-state index contributed by atoms with van der Waals surface area (Å²) < 4.78 is 70.2. The first kappa shape index (κ1) is 26.5. The standard InChI is InChI=1S/C23H25F5N6O3/c1-2-34-19-18(20(32-34)31-15-5-3-13(4-6-15)23(26,27)28)29-12-33(21(19)36)11-17(35)30-14-7-9-16(10-8-14)37-22(24)25/h3-6,12,14,16,22H,2,7-11H2,1H3,(H,30,35)(H,31,32). The normalized spacial score (nSPS) is 18.4. The minimum absolute atomic E-state index is 0.136. The lowest BCUT2D eigenvalue weighted by atomic mass is 9.93. The van der Waals surface area contributed by atoms with Crippen LogP contribution in [0, 0.1) is 0 Å². The van der Waals surface area contributed by atoms with Crippen molar-refractivity contribution >= 4 is 28.4 Å². The number of ether oxygens (including phenoxy) is 1. The van der Waals surface area contributed by atoms with E-state index in [1.54, 1.807) is 6.92 Å². The van der Waals surface area contributed by atoms with Gasteiger partial charge in [-0.05, 0) is 56.9 Å². The Bertz CT molecular complexity index is 1300. The lowest BCUT2D eigenvalue weighted by molar-refractivity contribution is -0.170. The third kappa shape index (κ3) is 6.24. The first-order chi connectivity index (χ1) is 17.5. The molecule has 9 nitrogen and oxygen atoms in total. The van der Waals surface area contributed by atoms with Gasteiger partial charge in [-0.3, -0.25) is 18.8 Å². The number of benzene rings is 1. The number of fused-ring (bicyclic) bond motifs is 1. The van der Waals surface area contributed by atoms with Gasteiger partial charge < -0.3 is 15.4 Å². The highest BCUT2D eigenvalue weighted by atomic mass is 19.4. The number of halogens is 5. The fourth-order valence-electron chi connectivity index (χ4n) is 4.32. The zero-order valence-corrected chi connectivity index (χ0v) is 19.8. The lowest BCUT2D eigenvalue weighted by Crippen LogP contribution is -2.42. The van der Waals surface area contributed by atoms with Gasteiger partial charge in [0.2, 0.25) is 5.91 Å². The molecule has 2 N–H and O–H groups in total. The Morgan fingerprint density at radius 3 is 2.43 bits per heavy atom. The van der Waals surface area contributed by atoms with Crippen molar-refractivity contribution in [3.63, 3.8) is 0 Å². The highest BCUT2D eigenvalue weighted by Crippen LogP contribution is 2.31. The quantitative estimate of drug-likeness (QED) is 0.428. The largest absolute Gasteiger partial charge is 0.416 e. The number of nitrogens with one attached hydrogen (secondary N) is 2. The molecule has 1 aliphatic carbocycles. The van der Waals surface area contributed by atoms with Crippen LogP contribution < -0.4 is 16.2 Å². The van der Waals surface area contributed by atoms with Crippen molar-refractivity contribution in [1.82, 2.24) is 24.6 Å². The highest BCUT2D eigenvalue weighted by Gasteiger charge is 2.30. The number of rotatable bonds is 8. The summed E-state index contributed by atoms with van der Waals surface area (Å²) >= 11 is 0. The second-order valence-corrected chi connectivity index (χ2v) is 8.68. The predicted molar refractivity (Wildman–Crippen MR) is 123 cm³/mol. The molecular formula is C23H25F5N6O3. The van der Waals surface area contributed by atoms with Crippen LogP contribution in [0.3, 0.4) is 0 Å². The van der Waals surface area contributed by atoms with Gasteiger partial charge in [0.05, 0.1) is 18.0 Å². The van der Waals surface area contributed by atoms with Gasteiger partial charge >= 0.3 is 12.8 Å². The van der Waals surface area contributed by atoms with Crippen molar-refractivity contribution in [3.05, 3.63) is 46.5 Å². The number of hydrogen-bond acceptors (Lipinski definition) is 6. The maximum atomic E-state index is 13.1. The summed E-state index contributed by atoms with van der Waals surface area (Å²) in [4.78, 5) is 30.0. The summed E-state index contributed by atoms with van der Waals surface area (Å²) in [6, 6.07) is 4.14. The monoisotopic (exact) mass is 528 g/mol. The fourth-order valence-corrected chi connectivity index (χ4v) is 4.32. The number of anilines is 2. The van der Waals surface area contributed by atoms with Crippen LogP contribution in [0.2, 0.25) is 0 Å². The first-order valence-electron chi connectivity index (χ1n) is 11.7. The Hall–Kier alpha value is -3.55. The third-order valence-electron chi connectivity index (χ3n) is 6.14. The van der Waals surface area contributed by atoms with Crippen molar-refractivity contribution in [3.8, 4) is 0 Å². The van der Waals surface area contributed by atoms with E-state index < -0.39 is 35.9 Å². The molecule has 3 aromatic rings. The molecule has 37 heavy (non-hydrogen) atoms. The van der Waals surface area contributed by atoms with Crippen molar-refractivity contribution in [2.75, 3.05) is 5.32 Å². The van der Waals surface area contributed by atoms with Gasteiger partial charge in [0.15, 0.2) is 11.3 Å². The molecule has 0 radical (unpaired) electrons. The summed E-state index contributed by atoms with van der Waals surface area (Å²) in [5.74, 6) is -0.236. The Labute approximate surface area is 207 Å². The summed E-state index contributed by atoms with van der Waals surface area (Å²) in [6.07, 6.45) is -2.04. The van der Waals surface area contributed by atoms with E-state index in [1.807, 2.05) is 0 Å². The number of hydrogen-bond donors (Lipinski definition) is 2. The first-order valence-corrected chi connectivity index (χ1v) is 11.7. The average Bonchev–Trinajstić information content (AvgIpc) is 3.19. The van der Waals surface area contributed by atoms with E-state index in [0.29, 0.717) is 37.9 Å². The number of aromatic nitrogens is 4. The minimum Gasteiger partial charge on any atom is -0.352 e. The molecule has 14 heteroatoms. The maximum Gasteiger partial charge on any atom is 0.416 e. The topological polar surface area (TPSA) is 103 Å². The van der Waals surface area contributed by atoms with Gasteiger partial charge in [-0.25, -0.2) is 4.98 Å². The minimum atomic E-state index is -4.46. The van der Waals surface area contributed by atoms with Crippen molar-refractivity contribution in [1.29, 1.82) is 0 Å². The molecule has 0 atom stereocenters. The fraction of sp³-hybridized carbons (Fsp3) is 0.478. The number of carbonyl (C=O) groups excluding carboxylic acids is 1. The molecule has 2 heterocycles. The SMILES string of the molecule is CCn1nc(Nc2ccc(C(F)(F)F)cc2)c2ncn(CC(=O)NC3CCC(OC(F)F)CC3)c(=O)c21. The number of nitrogens with zero attached hydrogens (tertiary/aromatic N) is 4. The molecule has 200 valence electrons. The van der Waals surface area contributed by atoms with Crippen molar-refractivity contribution in [2.24, 2.45) is 0 Å². The van der Waals surface area contributed by atoms with E-state index in [9.17, 15) is 31.5 Å². The molecular weight excluding hydrogens is 503 g/mol. The van der Waals surface area contributed by atoms with E-state index >= 15 is 0 Å². The molecule has 1 aromatic carbocycles. The van der Waals surface area contributed by atoms with Crippen LogP contribution in [0.25, 0.3) is 11.0 Å². The molecule has 2 aromatic heterocycles. The van der Waals surface area contributed by atoms with Crippen LogP contribution in [0.15, 0.2) is 35.4 Å². The molecule has 1 aliphatic rings. The van der Waals surface area contributed by atoms with Crippen LogP contribution >= 0.6 is 0 Å². The Morgan fingerprint density at radius 2 is 1.84 bits per heavy atom. The number of aryl methyl sites for hydroxylation is 1. The molecule has 0 unspecified atom stereocenters. The average molecular weight is 528 g/mol. The van der Waals surface area contributed by atoms with E-state index in [1.165, 1.54) is 23.1 Å². The Morgan fingerprint density at radius 1 is 1.16 bits per heavy atom. The molecule has 1 amide bonds. The van der Waals surface area contributed by atoms with Crippen LogP contribution in [0.1, 0.15) is 38.2 Å². The van der Waals surface area contributed by atoms with Crippen LogP contribution in [0.4, 0.5) is 33.5 Å². The highest BCUT2D eigenvalue weighted by molar-refractivity contribution is 5.88. The lowest BCUT2D eigenvalue weighted by Gasteiger charge is -2.28. The van der Waals surface area contributed by atoms with Gasteiger partial charge in [0, 0.05) is 18.3 Å². The molecule has 0 spiro atoms. The molecule has 0 saturated heterocycles. The van der Waals surface area contributed by atoms with Crippen LogP contribution in [-0.4, -0.2) is 44.0 Å². The van der Waals surface area contributed by atoms with Gasteiger partial charge in [-0.15, -0.1) is 0 Å². The Balaban J connectivity index is 1.46. The maximum absolute atomic E-state index is 13.1. The van der Waals surface area contributed by atoms with E-state index in [-0.39, 0.29) is 29.4 Å². The summed E-state index contributed by atoms with van der Waals surface area (Å²) in [5.41, 5.74) is -0.632. The van der Waals surface area contributed by atoms with Crippen molar-refractivity contribution in [2.45, 2.75) is 70.6 Å². The zero-order chi connectivity index (χ0) is 26.7. The predicted octanol–water partition coefficient (Wildman–Crippen LogP) is 4.04.